The number of nitrogens with one attached hydrogen (secondary N) is 1. The third kappa shape index (κ3) is 3.21. The first-order chi connectivity index (χ1) is 12.6. The van der Waals surface area contributed by atoms with Gasteiger partial charge in [0.05, 0.1) is 16.3 Å². The van der Waals surface area contributed by atoms with E-state index < -0.39 is 0 Å². The number of fused-ring (bicyclic) bond motifs is 1. The molecule has 4 rings (SSSR count). The zero-order valence-electron chi connectivity index (χ0n) is 13.9. The van der Waals surface area contributed by atoms with Gasteiger partial charge in [-0.15, -0.1) is 0 Å². The normalized spacial score (nSPS) is 14.2. The Morgan fingerprint density at radius 3 is 2.96 bits per heavy atom. The van der Waals surface area contributed by atoms with Crippen molar-refractivity contribution in [3.63, 3.8) is 0 Å². The van der Waals surface area contributed by atoms with Crippen LogP contribution in [0.3, 0.4) is 0 Å². The van der Waals surface area contributed by atoms with E-state index in [1.165, 1.54) is 0 Å². The lowest BCUT2D eigenvalue weighted by Crippen LogP contribution is -2.35. The first kappa shape index (κ1) is 16.8. The van der Waals surface area contributed by atoms with Crippen molar-refractivity contribution < 1.29 is 5.11 Å². The first-order valence-electron chi connectivity index (χ1n) is 8.33. The fourth-order valence-electron chi connectivity index (χ4n) is 3.18. The van der Waals surface area contributed by atoms with E-state index in [4.69, 9.17) is 11.6 Å². The van der Waals surface area contributed by atoms with Crippen LogP contribution in [0.2, 0.25) is 5.02 Å². The molecule has 0 saturated carbocycles. The molecule has 1 aliphatic rings. The Hall–Kier alpha value is -2.70. The Morgan fingerprint density at radius 1 is 1.27 bits per heavy atom. The molecule has 26 heavy (non-hydrogen) atoms. The number of nitrogens with zero attached hydrogens (tertiary/aromatic N) is 3. The molecular weight excluding hydrogens is 352 g/mol. The number of hydrogen-bond acceptors (Lipinski definition) is 5. The van der Waals surface area contributed by atoms with Crippen LogP contribution in [0.5, 0.6) is 5.75 Å². The Bertz CT molecular complexity index is 1000. The summed E-state index contributed by atoms with van der Waals surface area (Å²) in [5.74, 6) is 0.640. The highest BCUT2D eigenvalue weighted by Gasteiger charge is 2.22. The minimum atomic E-state index is -0.131. The molecule has 2 aromatic heterocycles. The average Bonchev–Trinajstić information content (AvgIpc) is 2.66. The maximum absolute atomic E-state index is 12.6. The number of rotatable bonds is 3. The molecule has 3 aromatic rings. The third-order valence-electron chi connectivity index (χ3n) is 4.55. The molecule has 1 aromatic carbocycles. The lowest BCUT2D eigenvalue weighted by molar-refractivity contribution is 0.239. The van der Waals surface area contributed by atoms with Crippen molar-refractivity contribution in [3.8, 4) is 17.1 Å². The molecule has 0 amide bonds. The van der Waals surface area contributed by atoms with Crippen molar-refractivity contribution in [1.82, 2.24) is 19.9 Å². The maximum atomic E-state index is 12.6. The number of aromatic hydroxyl groups is 1. The molecule has 3 heterocycles. The van der Waals surface area contributed by atoms with Gasteiger partial charge in [-0.2, -0.15) is 0 Å². The third-order valence-corrected chi connectivity index (χ3v) is 4.85. The van der Waals surface area contributed by atoms with Crippen molar-refractivity contribution in [2.75, 3.05) is 6.54 Å². The number of para-hydroxylation sites is 1. The van der Waals surface area contributed by atoms with Gasteiger partial charge in [-0.25, -0.2) is 4.98 Å². The van der Waals surface area contributed by atoms with Crippen LogP contribution >= 0.6 is 11.6 Å². The van der Waals surface area contributed by atoms with E-state index in [1.54, 1.807) is 18.5 Å². The van der Waals surface area contributed by atoms with Crippen molar-refractivity contribution in [1.29, 1.82) is 0 Å². The Morgan fingerprint density at radius 2 is 2.15 bits per heavy atom. The van der Waals surface area contributed by atoms with Gasteiger partial charge in [-0.05, 0) is 18.2 Å². The van der Waals surface area contributed by atoms with Gasteiger partial charge >= 0.3 is 0 Å². The Kier molecular flexibility index (Phi) is 4.44. The molecule has 0 atom stereocenters. The zero-order chi connectivity index (χ0) is 18.1. The predicted octanol–water partition coefficient (Wildman–Crippen LogP) is 2.75. The topological polar surface area (TPSA) is 82.1 Å². The fourth-order valence-corrected chi connectivity index (χ4v) is 3.38. The van der Waals surface area contributed by atoms with Crippen LogP contribution in [0.25, 0.3) is 11.4 Å². The largest absolute Gasteiger partial charge is 0.506 e. The number of halogens is 1. The summed E-state index contributed by atoms with van der Waals surface area (Å²) < 4.78 is 0. The van der Waals surface area contributed by atoms with Crippen molar-refractivity contribution in [3.05, 3.63) is 74.9 Å². The number of H-pyrrole nitrogens is 1. The molecule has 0 bridgehead atoms. The number of benzene rings is 1. The molecule has 0 unspecified atom stereocenters. The summed E-state index contributed by atoms with van der Waals surface area (Å²) in [7, 11) is 0. The van der Waals surface area contributed by atoms with E-state index in [9.17, 15) is 9.90 Å². The van der Waals surface area contributed by atoms with Crippen LogP contribution in [0.1, 0.15) is 16.8 Å². The van der Waals surface area contributed by atoms with Crippen LogP contribution in [0, 0.1) is 0 Å². The second-order valence-electron chi connectivity index (χ2n) is 6.29. The van der Waals surface area contributed by atoms with Crippen molar-refractivity contribution in [2.24, 2.45) is 0 Å². The molecule has 1 aliphatic heterocycles. The number of pyridine rings is 1. The summed E-state index contributed by atoms with van der Waals surface area (Å²) in [6.45, 7) is 1.76. The van der Waals surface area contributed by atoms with Gasteiger partial charge in [-0.1, -0.05) is 23.7 Å². The zero-order valence-corrected chi connectivity index (χ0v) is 14.7. The van der Waals surface area contributed by atoms with E-state index in [0.29, 0.717) is 35.9 Å². The highest BCUT2D eigenvalue weighted by molar-refractivity contribution is 6.32. The molecule has 0 radical (unpaired) electrons. The minimum Gasteiger partial charge on any atom is -0.506 e. The van der Waals surface area contributed by atoms with Gasteiger partial charge in [0.25, 0.3) is 5.56 Å². The highest BCUT2D eigenvalue weighted by atomic mass is 35.5. The van der Waals surface area contributed by atoms with E-state index in [-0.39, 0.29) is 11.3 Å². The van der Waals surface area contributed by atoms with Crippen molar-refractivity contribution in [2.45, 2.75) is 19.5 Å². The second-order valence-corrected chi connectivity index (χ2v) is 6.70. The summed E-state index contributed by atoms with van der Waals surface area (Å²) in [4.78, 5) is 26.2. The predicted molar refractivity (Wildman–Crippen MR) is 99.0 cm³/mol. The number of phenolic OH excluding ortho intramolecular Hbond substituents is 1. The minimum absolute atomic E-state index is 0.0962. The SMILES string of the molecule is O=c1[nH]c(-c2cccnc2)nc2c1CN(Cc1cccc(Cl)c1O)CC2. The van der Waals surface area contributed by atoms with Gasteiger partial charge in [0.2, 0.25) is 0 Å². The Balaban J connectivity index is 1.60. The molecular formula is C19H17ClN4O2. The lowest BCUT2D eigenvalue weighted by atomic mass is 10.1. The average molecular weight is 369 g/mol. The van der Waals surface area contributed by atoms with Gasteiger partial charge in [0, 0.05) is 49.6 Å². The van der Waals surface area contributed by atoms with E-state index in [0.717, 1.165) is 23.4 Å². The molecule has 0 saturated heterocycles. The Labute approximate surface area is 155 Å². The summed E-state index contributed by atoms with van der Waals surface area (Å²) in [5, 5.41) is 10.4. The maximum Gasteiger partial charge on any atom is 0.255 e. The smallest absolute Gasteiger partial charge is 0.255 e. The van der Waals surface area contributed by atoms with Crippen LogP contribution in [-0.2, 0) is 19.5 Å². The van der Waals surface area contributed by atoms with Crippen molar-refractivity contribution >= 4 is 11.6 Å². The quantitative estimate of drug-likeness (QED) is 0.742. The molecule has 132 valence electrons. The summed E-state index contributed by atoms with van der Waals surface area (Å²) in [5.41, 5.74) is 2.90. The van der Waals surface area contributed by atoms with Gasteiger partial charge in [0.15, 0.2) is 0 Å². The molecule has 6 nitrogen and oxygen atoms in total. The fraction of sp³-hybridized carbons (Fsp3) is 0.211. The molecule has 0 aliphatic carbocycles. The molecule has 2 N–H and O–H groups in total. The lowest BCUT2D eigenvalue weighted by Gasteiger charge is -2.28. The van der Waals surface area contributed by atoms with Gasteiger partial charge < -0.3 is 10.1 Å². The van der Waals surface area contributed by atoms with Gasteiger partial charge in [-0.3, -0.25) is 14.7 Å². The number of aromatic amines is 1. The summed E-state index contributed by atoms with van der Waals surface area (Å²) >= 11 is 5.97. The van der Waals surface area contributed by atoms with Crippen LogP contribution in [-0.4, -0.2) is 31.5 Å². The van der Waals surface area contributed by atoms with Crippen LogP contribution < -0.4 is 5.56 Å². The van der Waals surface area contributed by atoms with E-state index in [2.05, 4.69) is 19.9 Å². The van der Waals surface area contributed by atoms with E-state index in [1.807, 2.05) is 24.3 Å². The molecule has 7 heteroatoms. The molecule has 0 spiro atoms. The number of phenols is 1. The molecule has 0 fully saturated rings. The monoisotopic (exact) mass is 368 g/mol. The van der Waals surface area contributed by atoms with E-state index >= 15 is 0 Å². The highest BCUT2D eigenvalue weighted by Crippen LogP contribution is 2.29. The number of hydrogen-bond donors (Lipinski definition) is 2. The van der Waals surface area contributed by atoms with Crippen LogP contribution in [0.15, 0.2) is 47.5 Å². The standard InChI is InChI=1S/C19H17ClN4O2/c20-15-5-1-3-13(17(15)25)10-24-8-6-16-14(11-24)19(26)23-18(22-16)12-4-2-7-21-9-12/h1-5,7,9,25H,6,8,10-11H2,(H,22,23,26). The number of aromatic nitrogens is 3. The van der Waals surface area contributed by atoms with Gasteiger partial charge in [0.1, 0.15) is 11.6 Å². The van der Waals surface area contributed by atoms with Crippen LogP contribution in [0.4, 0.5) is 0 Å². The first-order valence-corrected chi connectivity index (χ1v) is 8.71. The summed E-state index contributed by atoms with van der Waals surface area (Å²) in [6.07, 6.45) is 4.04. The second kappa shape index (κ2) is 6.90. The summed E-state index contributed by atoms with van der Waals surface area (Å²) in [6, 6.07) is 8.98.